The molecule has 47 heavy (non-hydrogen) atoms. The first kappa shape index (κ1) is 33.2. The second kappa shape index (κ2) is 14.5. The van der Waals surface area contributed by atoms with Crippen LogP contribution in [-0.2, 0) is 22.4 Å². The van der Waals surface area contributed by atoms with Gasteiger partial charge in [-0.25, -0.2) is 9.78 Å². The van der Waals surface area contributed by atoms with E-state index in [1.54, 1.807) is 6.20 Å². The minimum absolute atomic E-state index is 0.0126. The molecule has 2 aliphatic rings. The van der Waals surface area contributed by atoms with Crippen LogP contribution < -0.4 is 16.0 Å². The zero-order chi connectivity index (χ0) is 33.6. The van der Waals surface area contributed by atoms with Crippen molar-refractivity contribution in [1.82, 2.24) is 14.9 Å². The molecule has 2 aliphatic heterocycles. The molecule has 0 unspecified atom stereocenters. The lowest BCUT2D eigenvalue weighted by Gasteiger charge is -2.31. The molecule has 4 aromatic rings. The van der Waals surface area contributed by atoms with E-state index in [9.17, 15) is 22.8 Å². The van der Waals surface area contributed by atoms with Crippen LogP contribution in [0.1, 0.15) is 34.3 Å². The fraction of sp³-hybridized carbons (Fsp3) is 0.242. The number of hydrogen-bond acceptors (Lipinski definition) is 7. The topological polar surface area (TPSA) is 137 Å². The molecule has 1 fully saturated rings. The van der Waals surface area contributed by atoms with Crippen LogP contribution in [0, 0.1) is 5.92 Å². The summed E-state index contributed by atoms with van der Waals surface area (Å²) in [5.41, 5.74) is 5.35. The van der Waals surface area contributed by atoms with E-state index in [4.69, 9.17) is 21.5 Å². The minimum atomic E-state index is -5.08. The van der Waals surface area contributed by atoms with Gasteiger partial charge in [0.2, 0.25) is 11.9 Å². The number of nitrogens with zero attached hydrogens (tertiary/aromatic N) is 3. The Kier molecular flexibility index (Phi) is 10.2. The van der Waals surface area contributed by atoms with Crippen LogP contribution in [0.25, 0.3) is 0 Å². The molecule has 1 aromatic heterocycles. The van der Waals surface area contributed by atoms with Gasteiger partial charge in [-0.3, -0.25) is 9.59 Å². The Morgan fingerprint density at radius 2 is 1.62 bits per heavy atom. The number of carbonyl (C=O) groups is 3. The van der Waals surface area contributed by atoms with Crippen LogP contribution in [0.4, 0.5) is 42.0 Å². The van der Waals surface area contributed by atoms with E-state index in [1.165, 1.54) is 0 Å². The average Bonchev–Trinajstić information content (AvgIpc) is 3.06. The van der Waals surface area contributed by atoms with Crippen LogP contribution in [0.15, 0.2) is 79.0 Å². The Labute approximate surface area is 273 Å². The molecule has 0 atom stereocenters. The van der Waals surface area contributed by atoms with E-state index in [-0.39, 0.29) is 17.7 Å². The highest BCUT2D eigenvalue weighted by molar-refractivity contribution is 6.32. The zero-order valence-electron chi connectivity index (χ0n) is 24.9. The normalized spacial score (nSPS) is 14.4. The lowest BCUT2D eigenvalue weighted by atomic mass is 9.94. The molecule has 6 rings (SSSR count). The third kappa shape index (κ3) is 8.76. The quantitative estimate of drug-likeness (QED) is 0.187. The van der Waals surface area contributed by atoms with E-state index >= 15 is 0 Å². The standard InChI is InChI=1S/C31H29ClN6O2.C2HF3O2/c32-26-19-33-31-35-24-8-4-5-20(17-24)9-10-23-18-25(34-28(26)37-31)11-12-27(23)36-29(39)21-13-15-38(16-14-21)30(40)22-6-2-1-3-7-22;3-2(4,5)1(6)7/h1-8,11-12,17-19,21H,9-10,13-16H2,(H,36,39)(H2,33,34,35,37);(H,6,7). The highest BCUT2D eigenvalue weighted by Crippen LogP contribution is 2.30. The van der Waals surface area contributed by atoms with E-state index in [0.29, 0.717) is 48.3 Å². The monoisotopic (exact) mass is 666 g/mol. The van der Waals surface area contributed by atoms with Gasteiger partial charge in [0.05, 0.1) is 6.20 Å². The molecule has 6 bridgehead atoms. The lowest BCUT2D eigenvalue weighted by Crippen LogP contribution is -2.41. The first-order valence-electron chi connectivity index (χ1n) is 14.7. The Hall–Kier alpha value is -5.17. The van der Waals surface area contributed by atoms with E-state index in [1.807, 2.05) is 65.6 Å². The van der Waals surface area contributed by atoms with Gasteiger partial charge in [0.15, 0.2) is 5.82 Å². The summed E-state index contributed by atoms with van der Waals surface area (Å²) in [6.45, 7) is 1.13. The molecule has 3 aromatic carbocycles. The van der Waals surface area contributed by atoms with Gasteiger partial charge in [-0.1, -0.05) is 41.9 Å². The highest BCUT2D eigenvalue weighted by Gasteiger charge is 2.38. The SMILES string of the molecule is O=C(Nc1ccc2cc1CCc1cccc(c1)Nc1ncc(Cl)c(n1)N2)C1CCN(C(=O)c2ccccc2)CC1.O=C(O)C(F)(F)F. The van der Waals surface area contributed by atoms with Crippen molar-refractivity contribution < 1.29 is 32.7 Å². The van der Waals surface area contributed by atoms with Gasteiger partial charge in [0.25, 0.3) is 5.91 Å². The smallest absolute Gasteiger partial charge is 0.475 e. The molecular weight excluding hydrogens is 637 g/mol. The van der Waals surface area contributed by atoms with Crippen LogP contribution in [-0.4, -0.2) is 57.0 Å². The Bertz CT molecular complexity index is 1770. The predicted octanol–water partition coefficient (Wildman–Crippen LogP) is 6.84. The number of hydrogen-bond donors (Lipinski definition) is 4. The Morgan fingerprint density at radius 3 is 2.32 bits per heavy atom. The number of benzene rings is 3. The Morgan fingerprint density at radius 1 is 0.915 bits per heavy atom. The van der Waals surface area contributed by atoms with Crippen molar-refractivity contribution in [3.8, 4) is 0 Å². The van der Waals surface area contributed by atoms with Crippen molar-refractivity contribution in [2.75, 3.05) is 29.0 Å². The molecule has 4 N–H and O–H groups in total. The first-order chi connectivity index (χ1) is 22.5. The summed E-state index contributed by atoms with van der Waals surface area (Å²) >= 11 is 6.39. The second-order valence-electron chi connectivity index (χ2n) is 10.9. The lowest BCUT2D eigenvalue weighted by molar-refractivity contribution is -0.192. The number of aromatic nitrogens is 2. The van der Waals surface area contributed by atoms with E-state index in [2.05, 4.69) is 38.1 Å². The van der Waals surface area contributed by atoms with E-state index in [0.717, 1.165) is 41.0 Å². The van der Waals surface area contributed by atoms with Crippen molar-refractivity contribution in [1.29, 1.82) is 0 Å². The van der Waals surface area contributed by atoms with Gasteiger partial charge in [-0.2, -0.15) is 18.2 Å². The summed E-state index contributed by atoms with van der Waals surface area (Å²) in [5, 5.41) is 17.3. The Balaban J connectivity index is 0.000000559. The number of carboxylic acids is 1. The number of likely N-dealkylation sites (tertiary alicyclic amines) is 1. The molecule has 0 saturated carbocycles. The third-order valence-electron chi connectivity index (χ3n) is 7.65. The third-order valence-corrected chi connectivity index (χ3v) is 7.93. The van der Waals surface area contributed by atoms with Gasteiger partial charge in [0, 0.05) is 41.6 Å². The minimum Gasteiger partial charge on any atom is -0.475 e. The fourth-order valence-electron chi connectivity index (χ4n) is 5.21. The van der Waals surface area contributed by atoms with Crippen molar-refractivity contribution >= 4 is 58.2 Å². The second-order valence-corrected chi connectivity index (χ2v) is 11.3. The highest BCUT2D eigenvalue weighted by atomic mass is 35.5. The molecule has 3 heterocycles. The summed E-state index contributed by atoms with van der Waals surface area (Å²) < 4.78 is 31.7. The molecule has 1 saturated heterocycles. The van der Waals surface area contributed by atoms with Crippen LogP contribution in [0.3, 0.4) is 0 Å². The summed E-state index contributed by atoms with van der Waals surface area (Å²) in [7, 11) is 0. The fourth-order valence-corrected chi connectivity index (χ4v) is 5.35. The van der Waals surface area contributed by atoms with Gasteiger partial charge >= 0.3 is 12.1 Å². The number of halogens is 4. The number of nitrogens with one attached hydrogen (secondary N) is 3. The maximum absolute atomic E-state index is 13.3. The zero-order valence-corrected chi connectivity index (χ0v) is 25.6. The summed E-state index contributed by atoms with van der Waals surface area (Å²) in [4.78, 5) is 45.7. The molecule has 2 amide bonds. The molecule has 244 valence electrons. The molecule has 10 nitrogen and oxygen atoms in total. The largest absolute Gasteiger partial charge is 0.490 e. The van der Waals surface area contributed by atoms with Crippen LogP contribution in [0.2, 0.25) is 5.02 Å². The van der Waals surface area contributed by atoms with Gasteiger partial charge in [0.1, 0.15) is 5.02 Å². The predicted molar refractivity (Wildman–Crippen MR) is 171 cm³/mol. The number of aryl methyl sites for hydroxylation is 2. The molecule has 0 aliphatic carbocycles. The van der Waals surface area contributed by atoms with Gasteiger partial charge in [-0.05, 0) is 79.3 Å². The number of anilines is 5. The van der Waals surface area contributed by atoms with Crippen molar-refractivity contribution in [2.45, 2.75) is 31.9 Å². The summed E-state index contributed by atoms with van der Waals surface area (Å²) in [6, 6.07) is 23.3. The van der Waals surface area contributed by atoms with Gasteiger partial charge < -0.3 is 26.0 Å². The van der Waals surface area contributed by atoms with Crippen molar-refractivity contribution in [2.24, 2.45) is 5.92 Å². The number of piperidine rings is 1. The summed E-state index contributed by atoms with van der Waals surface area (Å²) in [6.07, 6.45) is -0.727. The number of alkyl halides is 3. The van der Waals surface area contributed by atoms with Gasteiger partial charge in [-0.15, -0.1) is 0 Å². The summed E-state index contributed by atoms with van der Waals surface area (Å²) in [5.74, 6) is -1.96. The number of rotatable bonds is 3. The average molecular weight is 667 g/mol. The van der Waals surface area contributed by atoms with Crippen LogP contribution >= 0.6 is 11.6 Å². The van der Waals surface area contributed by atoms with E-state index < -0.39 is 12.1 Å². The number of carboxylic acid groups (broad SMARTS) is 1. The molecule has 0 radical (unpaired) electrons. The number of fused-ring (bicyclic) bond motifs is 6. The van der Waals surface area contributed by atoms with Crippen molar-refractivity contribution in [3.05, 3.63) is 101 Å². The number of aliphatic carboxylic acids is 1. The van der Waals surface area contributed by atoms with Crippen molar-refractivity contribution in [3.63, 3.8) is 0 Å². The van der Waals surface area contributed by atoms with Crippen LogP contribution in [0.5, 0.6) is 0 Å². The molecule has 14 heteroatoms. The first-order valence-corrected chi connectivity index (χ1v) is 15.1. The molecule has 0 spiro atoms. The maximum atomic E-state index is 13.3. The maximum Gasteiger partial charge on any atom is 0.490 e. The number of amides is 2. The molecular formula is C33H30ClF3N6O4. The number of carbonyl (C=O) groups excluding carboxylic acids is 2.